The van der Waals surface area contributed by atoms with Gasteiger partial charge in [-0.25, -0.2) is 0 Å². The fourth-order valence-electron chi connectivity index (χ4n) is 2.45. The van der Waals surface area contributed by atoms with Gasteiger partial charge >= 0.3 is 0 Å². The number of aromatic amines is 1. The van der Waals surface area contributed by atoms with Crippen LogP contribution in [0.25, 0.3) is 0 Å². The second-order valence-corrected chi connectivity index (χ2v) is 5.44. The van der Waals surface area contributed by atoms with Crippen LogP contribution in [0, 0.1) is 4.77 Å². The Hall–Kier alpha value is -2.19. The molecular formula is C15H18N4O3S. The van der Waals surface area contributed by atoms with Crippen LogP contribution in [0.1, 0.15) is 30.3 Å². The lowest BCUT2D eigenvalue weighted by atomic mass is 10.2. The summed E-state index contributed by atoms with van der Waals surface area (Å²) >= 11 is 5.25. The molecule has 1 fully saturated rings. The largest absolute Gasteiger partial charge is 0.497 e. The van der Waals surface area contributed by atoms with Crippen LogP contribution in [0.15, 0.2) is 23.3 Å². The topological polar surface area (TPSA) is 73.7 Å². The summed E-state index contributed by atoms with van der Waals surface area (Å²) in [4.78, 5) is 0. The third-order valence-electron chi connectivity index (χ3n) is 3.65. The maximum Gasteiger partial charge on any atom is 0.216 e. The molecule has 0 spiro atoms. The molecular weight excluding hydrogens is 316 g/mol. The molecule has 1 N–H and O–H groups in total. The zero-order chi connectivity index (χ0) is 16.2. The van der Waals surface area contributed by atoms with Gasteiger partial charge in [0.1, 0.15) is 17.6 Å². The summed E-state index contributed by atoms with van der Waals surface area (Å²) in [6.07, 6.45) is 3.54. The van der Waals surface area contributed by atoms with E-state index in [0.29, 0.717) is 16.3 Å². The lowest BCUT2D eigenvalue weighted by molar-refractivity contribution is 0.102. The lowest BCUT2D eigenvalue weighted by Crippen LogP contribution is -2.05. The number of aromatic nitrogens is 3. The van der Waals surface area contributed by atoms with Gasteiger partial charge in [0.15, 0.2) is 5.82 Å². The van der Waals surface area contributed by atoms with Crippen molar-refractivity contribution in [3.8, 4) is 11.5 Å². The van der Waals surface area contributed by atoms with E-state index in [0.717, 1.165) is 30.8 Å². The first-order valence-electron chi connectivity index (χ1n) is 7.28. The van der Waals surface area contributed by atoms with Crippen molar-refractivity contribution in [3.63, 3.8) is 0 Å². The normalized spacial score (nSPS) is 17.7. The third kappa shape index (κ3) is 3.27. The van der Waals surface area contributed by atoms with Crippen LogP contribution in [0.4, 0.5) is 0 Å². The Bertz CT molecular complexity index is 762. The fraction of sp³-hybridized carbons (Fsp3) is 0.400. The van der Waals surface area contributed by atoms with Gasteiger partial charge < -0.3 is 14.2 Å². The van der Waals surface area contributed by atoms with E-state index in [-0.39, 0.29) is 6.10 Å². The predicted octanol–water partition coefficient (Wildman–Crippen LogP) is 2.69. The first-order chi connectivity index (χ1) is 11.2. The molecule has 122 valence electrons. The van der Waals surface area contributed by atoms with Crippen LogP contribution in [0.2, 0.25) is 0 Å². The first kappa shape index (κ1) is 15.7. The molecule has 0 unspecified atom stereocenters. The van der Waals surface area contributed by atoms with Crippen LogP contribution in [-0.4, -0.2) is 41.9 Å². The van der Waals surface area contributed by atoms with E-state index in [4.69, 9.17) is 26.4 Å². The summed E-state index contributed by atoms with van der Waals surface area (Å²) < 4.78 is 18.2. The van der Waals surface area contributed by atoms with Crippen LogP contribution >= 0.6 is 12.2 Å². The van der Waals surface area contributed by atoms with Crippen LogP contribution in [0.3, 0.4) is 0 Å². The Morgan fingerprint density at radius 1 is 1.43 bits per heavy atom. The summed E-state index contributed by atoms with van der Waals surface area (Å²) in [6.45, 7) is 0.736. The zero-order valence-electron chi connectivity index (χ0n) is 13.0. The molecule has 1 atom stereocenters. The molecule has 3 rings (SSSR count). The van der Waals surface area contributed by atoms with E-state index in [1.165, 1.54) is 0 Å². The monoisotopic (exact) mass is 334 g/mol. The molecule has 0 saturated carbocycles. The van der Waals surface area contributed by atoms with Crippen LogP contribution < -0.4 is 9.47 Å². The number of rotatable bonds is 5. The van der Waals surface area contributed by atoms with Crippen molar-refractivity contribution >= 4 is 18.4 Å². The highest BCUT2D eigenvalue weighted by molar-refractivity contribution is 7.71. The van der Waals surface area contributed by atoms with Crippen LogP contribution in [-0.2, 0) is 4.74 Å². The number of ether oxygens (including phenoxy) is 3. The van der Waals surface area contributed by atoms with E-state index in [9.17, 15) is 0 Å². The third-order valence-corrected chi connectivity index (χ3v) is 3.91. The zero-order valence-corrected chi connectivity index (χ0v) is 13.8. The Morgan fingerprint density at radius 3 is 3.00 bits per heavy atom. The molecule has 2 heterocycles. The van der Waals surface area contributed by atoms with Gasteiger partial charge in [0.2, 0.25) is 4.77 Å². The highest BCUT2D eigenvalue weighted by Gasteiger charge is 2.23. The molecule has 0 radical (unpaired) electrons. The minimum Gasteiger partial charge on any atom is -0.497 e. The Labute approximate surface area is 138 Å². The van der Waals surface area contributed by atoms with E-state index in [2.05, 4.69) is 15.3 Å². The van der Waals surface area contributed by atoms with Crippen molar-refractivity contribution < 1.29 is 14.2 Å². The molecule has 0 aliphatic carbocycles. The highest BCUT2D eigenvalue weighted by atomic mass is 32.1. The summed E-state index contributed by atoms with van der Waals surface area (Å²) in [7, 11) is 3.22. The van der Waals surface area contributed by atoms with E-state index in [1.54, 1.807) is 31.2 Å². The van der Waals surface area contributed by atoms with Gasteiger partial charge in [-0.15, -0.1) is 0 Å². The lowest BCUT2D eigenvalue weighted by Gasteiger charge is -2.08. The molecule has 7 nitrogen and oxygen atoms in total. The molecule has 23 heavy (non-hydrogen) atoms. The fourth-order valence-corrected chi connectivity index (χ4v) is 2.64. The molecule has 1 saturated heterocycles. The van der Waals surface area contributed by atoms with Gasteiger partial charge in [-0.05, 0) is 37.2 Å². The SMILES string of the molecule is COc1ccc(/C=N\n2c([C@H]3CCCO3)n[nH]c2=S)c(OC)c1. The minimum absolute atomic E-state index is 0.0714. The number of hydrogen-bond acceptors (Lipinski definition) is 6. The van der Waals surface area contributed by atoms with Crippen molar-refractivity contribution in [1.82, 2.24) is 14.9 Å². The van der Waals surface area contributed by atoms with Crippen molar-refractivity contribution in [1.29, 1.82) is 0 Å². The molecule has 1 aliphatic heterocycles. The maximum atomic E-state index is 5.66. The second kappa shape index (κ2) is 6.93. The number of nitrogens with zero attached hydrogens (tertiary/aromatic N) is 3. The van der Waals surface area contributed by atoms with Gasteiger partial charge in [0, 0.05) is 18.2 Å². The summed E-state index contributed by atoms with van der Waals surface area (Å²) in [5, 5.41) is 11.4. The minimum atomic E-state index is -0.0714. The Balaban J connectivity index is 1.91. The number of methoxy groups -OCH3 is 2. The molecule has 8 heteroatoms. The predicted molar refractivity (Wildman–Crippen MR) is 87.9 cm³/mol. The van der Waals surface area contributed by atoms with Crippen molar-refractivity contribution in [2.24, 2.45) is 5.10 Å². The van der Waals surface area contributed by atoms with Crippen LogP contribution in [0.5, 0.6) is 11.5 Å². The molecule has 0 bridgehead atoms. The van der Waals surface area contributed by atoms with Crippen molar-refractivity contribution in [2.45, 2.75) is 18.9 Å². The first-order valence-corrected chi connectivity index (χ1v) is 7.69. The quantitative estimate of drug-likeness (QED) is 0.672. The molecule has 0 amide bonds. The molecule has 1 aromatic carbocycles. The molecule has 1 aliphatic rings. The van der Waals surface area contributed by atoms with Gasteiger partial charge in [-0.3, -0.25) is 5.10 Å². The van der Waals surface area contributed by atoms with Gasteiger partial charge in [-0.1, -0.05) is 0 Å². The summed E-state index contributed by atoms with van der Waals surface area (Å²) in [6, 6.07) is 5.52. The number of nitrogens with one attached hydrogen (secondary N) is 1. The second-order valence-electron chi connectivity index (χ2n) is 5.05. The maximum absolute atomic E-state index is 5.66. The Morgan fingerprint density at radius 2 is 2.30 bits per heavy atom. The molecule has 1 aromatic heterocycles. The standard InChI is InChI=1S/C15H18N4O3S/c1-20-11-6-5-10(13(8-11)21-2)9-16-19-14(17-18-15(19)23)12-4-3-7-22-12/h5-6,8-9,12H,3-4,7H2,1-2H3,(H,18,23)/b16-9-/t12-/m1/s1. The highest BCUT2D eigenvalue weighted by Crippen LogP contribution is 2.27. The summed E-state index contributed by atoms with van der Waals surface area (Å²) in [5.74, 6) is 2.08. The van der Waals surface area contributed by atoms with Crippen molar-refractivity contribution in [3.05, 3.63) is 34.4 Å². The summed E-state index contributed by atoms with van der Waals surface area (Å²) in [5.41, 5.74) is 0.815. The average molecular weight is 334 g/mol. The Kier molecular flexibility index (Phi) is 4.73. The van der Waals surface area contributed by atoms with Gasteiger partial charge in [-0.2, -0.15) is 14.9 Å². The smallest absolute Gasteiger partial charge is 0.216 e. The average Bonchev–Trinajstić information content (AvgIpc) is 3.22. The molecule has 2 aromatic rings. The van der Waals surface area contributed by atoms with E-state index >= 15 is 0 Å². The number of benzene rings is 1. The van der Waals surface area contributed by atoms with Gasteiger partial charge in [0.25, 0.3) is 0 Å². The van der Waals surface area contributed by atoms with E-state index < -0.39 is 0 Å². The van der Waals surface area contributed by atoms with E-state index in [1.807, 2.05) is 12.1 Å². The van der Waals surface area contributed by atoms with Gasteiger partial charge in [0.05, 0.1) is 20.4 Å². The number of H-pyrrole nitrogens is 1. The number of hydrogen-bond donors (Lipinski definition) is 1. The van der Waals surface area contributed by atoms with Crippen molar-refractivity contribution in [2.75, 3.05) is 20.8 Å².